The molecule has 3 rings (SSSR count). The number of fused-ring (bicyclic) bond motifs is 1. The van der Waals surface area contributed by atoms with Crippen LogP contribution in [0.1, 0.15) is 19.4 Å². The van der Waals surface area contributed by atoms with Gasteiger partial charge >= 0.3 is 0 Å². The maximum Gasteiger partial charge on any atom is 0.0669 e. The van der Waals surface area contributed by atoms with E-state index in [2.05, 4.69) is 62.4 Å². The Labute approximate surface area is 120 Å². The van der Waals surface area contributed by atoms with Crippen molar-refractivity contribution in [1.82, 2.24) is 0 Å². The molecule has 1 unspecified atom stereocenters. The fraction of sp³-hybridized carbons (Fsp3) is 0.389. The molecular weight excluding hydrogens is 246 g/mol. The summed E-state index contributed by atoms with van der Waals surface area (Å²) < 4.78 is 5.52. The van der Waals surface area contributed by atoms with E-state index in [0.717, 1.165) is 0 Å². The Kier molecular flexibility index (Phi) is 3.23. The van der Waals surface area contributed by atoms with Gasteiger partial charge in [-0.3, -0.25) is 0 Å². The van der Waals surface area contributed by atoms with Gasteiger partial charge in [-0.2, -0.15) is 5.26 Å². The van der Waals surface area contributed by atoms with Crippen LogP contribution in [0.5, 0.6) is 0 Å². The number of nitrogens with zero attached hydrogens (tertiary/aromatic N) is 1. The zero-order valence-corrected chi connectivity index (χ0v) is 12.0. The van der Waals surface area contributed by atoms with Gasteiger partial charge in [0.2, 0.25) is 0 Å². The van der Waals surface area contributed by atoms with Crippen LogP contribution < -0.4 is 0 Å². The van der Waals surface area contributed by atoms with Crippen LogP contribution in [0.2, 0.25) is 0 Å². The molecule has 1 heterocycles. The van der Waals surface area contributed by atoms with E-state index in [4.69, 9.17) is 4.74 Å². The maximum absolute atomic E-state index is 9.62. The normalized spacial score (nSPS) is 18.5. The van der Waals surface area contributed by atoms with Crippen molar-refractivity contribution in [1.29, 1.82) is 5.26 Å². The third-order valence-corrected chi connectivity index (χ3v) is 4.45. The molecule has 1 saturated heterocycles. The van der Waals surface area contributed by atoms with Crippen LogP contribution in [0.4, 0.5) is 0 Å². The highest BCUT2D eigenvalue weighted by atomic mass is 16.5. The number of hydrogen-bond acceptors (Lipinski definition) is 2. The molecule has 0 amide bonds. The van der Waals surface area contributed by atoms with E-state index < -0.39 is 0 Å². The summed E-state index contributed by atoms with van der Waals surface area (Å²) in [4.78, 5) is 0. The third-order valence-electron chi connectivity index (χ3n) is 4.45. The topological polar surface area (TPSA) is 33.0 Å². The van der Waals surface area contributed by atoms with E-state index in [1.807, 2.05) is 0 Å². The fourth-order valence-corrected chi connectivity index (χ4v) is 3.39. The predicted molar refractivity (Wildman–Crippen MR) is 80.4 cm³/mol. The van der Waals surface area contributed by atoms with Crippen LogP contribution >= 0.6 is 0 Å². The maximum atomic E-state index is 9.62. The van der Waals surface area contributed by atoms with Crippen molar-refractivity contribution >= 4 is 10.8 Å². The van der Waals surface area contributed by atoms with Crippen molar-refractivity contribution in [3.8, 4) is 6.07 Å². The summed E-state index contributed by atoms with van der Waals surface area (Å²) in [5, 5.41) is 12.1. The second-order valence-electron chi connectivity index (χ2n) is 6.03. The van der Waals surface area contributed by atoms with Crippen molar-refractivity contribution in [2.75, 3.05) is 13.2 Å². The molecule has 1 atom stereocenters. The van der Waals surface area contributed by atoms with Gasteiger partial charge in [-0.15, -0.1) is 0 Å². The quantitative estimate of drug-likeness (QED) is 0.843. The van der Waals surface area contributed by atoms with Crippen LogP contribution in [0.3, 0.4) is 0 Å². The average molecular weight is 265 g/mol. The van der Waals surface area contributed by atoms with Crippen LogP contribution in [0, 0.1) is 23.2 Å². The van der Waals surface area contributed by atoms with Gasteiger partial charge in [0, 0.05) is 0 Å². The van der Waals surface area contributed by atoms with Gasteiger partial charge in [0.05, 0.1) is 30.6 Å². The first-order valence-electron chi connectivity index (χ1n) is 7.14. The number of ether oxygens (including phenoxy) is 1. The summed E-state index contributed by atoms with van der Waals surface area (Å²) in [7, 11) is 0. The number of nitriles is 1. The molecule has 0 aliphatic carbocycles. The SMILES string of the molecule is CC(C)C(C#N)C1(c2cccc3ccccc23)COC1. The molecule has 20 heavy (non-hydrogen) atoms. The van der Waals surface area contributed by atoms with Crippen molar-refractivity contribution in [2.45, 2.75) is 19.3 Å². The lowest BCUT2D eigenvalue weighted by Crippen LogP contribution is -2.53. The summed E-state index contributed by atoms with van der Waals surface area (Å²) in [5.74, 6) is 0.310. The standard InChI is InChI=1S/C18H19NO/c1-13(2)17(10-19)18(11-20-12-18)16-9-5-7-14-6-3-4-8-15(14)16/h3-9,13,17H,11-12H2,1-2H3. The summed E-state index contributed by atoms with van der Waals surface area (Å²) in [6, 6.07) is 17.3. The average Bonchev–Trinajstić information content (AvgIpc) is 2.42. The Morgan fingerprint density at radius 3 is 2.40 bits per heavy atom. The summed E-state index contributed by atoms with van der Waals surface area (Å²) in [6.45, 7) is 5.55. The van der Waals surface area contributed by atoms with Gasteiger partial charge in [0.1, 0.15) is 0 Å². The fourth-order valence-electron chi connectivity index (χ4n) is 3.39. The Hall–Kier alpha value is -1.85. The molecule has 1 aliphatic rings. The molecule has 0 aromatic heterocycles. The first-order chi connectivity index (χ1) is 9.69. The Morgan fingerprint density at radius 2 is 1.80 bits per heavy atom. The van der Waals surface area contributed by atoms with Crippen LogP contribution in [-0.4, -0.2) is 13.2 Å². The highest BCUT2D eigenvalue weighted by molar-refractivity contribution is 5.87. The van der Waals surface area contributed by atoms with E-state index >= 15 is 0 Å². The molecule has 2 aromatic rings. The lowest BCUT2D eigenvalue weighted by atomic mass is 9.64. The molecule has 1 aliphatic heterocycles. The molecule has 2 nitrogen and oxygen atoms in total. The van der Waals surface area contributed by atoms with E-state index in [0.29, 0.717) is 19.1 Å². The van der Waals surface area contributed by atoms with Crippen molar-refractivity contribution in [3.63, 3.8) is 0 Å². The van der Waals surface area contributed by atoms with Gasteiger partial charge in [0.25, 0.3) is 0 Å². The van der Waals surface area contributed by atoms with Crippen molar-refractivity contribution in [2.24, 2.45) is 11.8 Å². The second-order valence-corrected chi connectivity index (χ2v) is 6.03. The number of benzene rings is 2. The smallest absolute Gasteiger partial charge is 0.0669 e. The minimum Gasteiger partial charge on any atom is -0.379 e. The minimum atomic E-state index is -0.149. The van der Waals surface area contributed by atoms with Crippen LogP contribution in [0.25, 0.3) is 10.8 Å². The van der Waals surface area contributed by atoms with Gasteiger partial charge < -0.3 is 4.74 Å². The van der Waals surface area contributed by atoms with Crippen molar-refractivity contribution < 1.29 is 4.74 Å². The molecule has 2 heteroatoms. The monoisotopic (exact) mass is 265 g/mol. The second kappa shape index (κ2) is 4.92. The highest BCUT2D eigenvalue weighted by Crippen LogP contribution is 2.45. The number of hydrogen-bond donors (Lipinski definition) is 0. The van der Waals surface area contributed by atoms with E-state index in [1.54, 1.807) is 0 Å². The molecular formula is C18H19NO. The largest absolute Gasteiger partial charge is 0.379 e. The first-order valence-corrected chi connectivity index (χ1v) is 7.14. The van der Waals surface area contributed by atoms with Crippen LogP contribution in [0.15, 0.2) is 42.5 Å². The Morgan fingerprint density at radius 1 is 1.10 bits per heavy atom. The van der Waals surface area contributed by atoms with Crippen molar-refractivity contribution in [3.05, 3.63) is 48.0 Å². The van der Waals surface area contributed by atoms with E-state index in [1.165, 1.54) is 16.3 Å². The molecule has 0 bridgehead atoms. The van der Waals surface area contributed by atoms with Gasteiger partial charge in [-0.1, -0.05) is 56.3 Å². The van der Waals surface area contributed by atoms with Crippen LogP contribution in [-0.2, 0) is 10.2 Å². The first kappa shape index (κ1) is 13.1. The lowest BCUT2D eigenvalue weighted by molar-refractivity contribution is -0.0869. The lowest BCUT2D eigenvalue weighted by Gasteiger charge is -2.47. The molecule has 0 saturated carbocycles. The van der Waals surface area contributed by atoms with E-state index in [9.17, 15) is 5.26 Å². The van der Waals surface area contributed by atoms with Gasteiger partial charge in [0.15, 0.2) is 0 Å². The molecule has 102 valence electrons. The molecule has 0 radical (unpaired) electrons. The Bertz CT molecular complexity index is 659. The molecule has 1 fully saturated rings. The summed E-state index contributed by atoms with van der Waals surface area (Å²) in [5.41, 5.74) is 1.12. The van der Waals surface area contributed by atoms with E-state index in [-0.39, 0.29) is 11.3 Å². The highest BCUT2D eigenvalue weighted by Gasteiger charge is 2.49. The summed E-state index contributed by atoms with van der Waals surface area (Å²) in [6.07, 6.45) is 0. The summed E-state index contributed by atoms with van der Waals surface area (Å²) >= 11 is 0. The zero-order valence-electron chi connectivity index (χ0n) is 12.0. The van der Waals surface area contributed by atoms with Gasteiger partial charge in [-0.25, -0.2) is 0 Å². The molecule has 0 spiro atoms. The minimum absolute atomic E-state index is 0.0120. The predicted octanol–water partition coefficient (Wildman–Crippen LogP) is 3.90. The molecule has 0 N–H and O–H groups in total. The van der Waals surface area contributed by atoms with Gasteiger partial charge in [-0.05, 0) is 22.3 Å². The number of rotatable bonds is 3. The zero-order chi connectivity index (χ0) is 14.2. The Balaban J connectivity index is 2.20. The molecule has 2 aromatic carbocycles. The third kappa shape index (κ3) is 1.82.